The minimum Gasteiger partial charge on any atom is -0.496 e. The Morgan fingerprint density at radius 3 is 2.74 bits per heavy atom. The number of rotatable bonds is 2. The van der Waals surface area contributed by atoms with Gasteiger partial charge in [-0.2, -0.15) is 0 Å². The molecule has 0 unspecified atom stereocenters. The quantitative estimate of drug-likeness (QED) is 0.737. The van der Waals surface area contributed by atoms with Crippen LogP contribution in [-0.2, 0) is 0 Å². The Hall–Kier alpha value is -2.56. The molecule has 5 nitrogen and oxygen atoms in total. The summed E-state index contributed by atoms with van der Waals surface area (Å²) in [4.78, 5) is 20.8. The number of hydrogen-bond acceptors (Lipinski definition) is 3. The van der Waals surface area contributed by atoms with Crippen LogP contribution < -0.4 is 10.4 Å². The summed E-state index contributed by atoms with van der Waals surface area (Å²) in [6.45, 7) is 1.99. The third-order valence-electron chi connectivity index (χ3n) is 3.10. The van der Waals surface area contributed by atoms with Crippen LogP contribution in [0.5, 0.6) is 5.75 Å². The Balaban J connectivity index is 2.12. The van der Waals surface area contributed by atoms with Crippen LogP contribution >= 0.6 is 0 Å². The molecule has 5 heteroatoms. The fraction of sp³-hybridized carbons (Fsp3) is 0.143. The van der Waals surface area contributed by atoms with Gasteiger partial charge >= 0.3 is 5.69 Å². The van der Waals surface area contributed by atoms with Crippen molar-refractivity contribution < 1.29 is 4.74 Å². The first kappa shape index (κ1) is 11.5. The van der Waals surface area contributed by atoms with Crippen LogP contribution in [0, 0.1) is 6.92 Å². The maximum absolute atomic E-state index is 11.2. The van der Waals surface area contributed by atoms with Gasteiger partial charge < -0.3 is 9.72 Å². The van der Waals surface area contributed by atoms with Gasteiger partial charge in [-0.15, -0.1) is 0 Å². The summed E-state index contributed by atoms with van der Waals surface area (Å²) < 4.78 is 5.24. The predicted octanol–water partition coefficient (Wildman–Crippen LogP) is 2.24. The molecule has 2 heterocycles. The number of ether oxygens (including phenoxy) is 1. The number of aromatic nitrogens is 3. The van der Waals surface area contributed by atoms with Gasteiger partial charge in [0.15, 0.2) is 5.65 Å². The van der Waals surface area contributed by atoms with Gasteiger partial charge in [0.1, 0.15) is 5.75 Å². The second kappa shape index (κ2) is 4.28. The Labute approximate surface area is 109 Å². The number of pyridine rings is 1. The summed E-state index contributed by atoms with van der Waals surface area (Å²) in [5.74, 6) is 0.854. The zero-order valence-corrected chi connectivity index (χ0v) is 10.7. The highest BCUT2D eigenvalue weighted by Gasteiger charge is 2.05. The largest absolute Gasteiger partial charge is 0.496 e. The van der Waals surface area contributed by atoms with Crippen LogP contribution in [0.3, 0.4) is 0 Å². The normalized spacial score (nSPS) is 10.8. The lowest BCUT2D eigenvalue weighted by Crippen LogP contribution is -1.99. The summed E-state index contributed by atoms with van der Waals surface area (Å²) in [6.07, 6.45) is 1.74. The van der Waals surface area contributed by atoms with Gasteiger partial charge in [-0.05, 0) is 36.2 Å². The SMILES string of the molecule is COc1ccc(-c2cnc3[nH]c(=O)[nH]c3c2)cc1C. The molecule has 0 aliphatic rings. The lowest BCUT2D eigenvalue weighted by atomic mass is 10.0. The molecule has 0 amide bonds. The fourth-order valence-corrected chi connectivity index (χ4v) is 2.14. The van der Waals surface area contributed by atoms with E-state index in [2.05, 4.69) is 15.0 Å². The second-order valence-electron chi connectivity index (χ2n) is 4.38. The number of aromatic amines is 2. The van der Waals surface area contributed by atoms with E-state index in [4.69, 9.17) is 4.74 Å². The first-order valence-corrected chi connectivity index (χ1v) is 5.90. The van der Waals surface area contributed by atoms with Crippen molar-refractivity contribution >= 4 is 11.2 Å². The van der Waals surface area contributed by atoms with E-state index in [9.17, 15) is 4.79 Å². The number of H-pyrrole nitrogens is 2. The molecule has 3 aromatic rings. The monoisotopic (exact) mass is 255 g/mol. The number of benzene rings is 1. The highest BCUT2D eigenvalue weighted by molar-refractivity contribution is 5.77. The van der Waals surface area contributed by atoms with Crippen molar-refractivity contribution in [2.24, 2.45) is 0 Å². The molecule has 0 aliphatic heterocycles. The summed E-state index contributed by atoms with van der Waals surface area (Å²) in [5, 5.41) is 0. The van der Waals surface area contributed by atoms with E-state index in [1.165, 1.54) is 0 Å². The van der Waals surface area contributed by atoms with E-state index in [0.717, 1.165) is 22.4 Å². The van der Waals surface area contributed by atoms with Crippen LogP contribution in [-0.4, -0.2) is 22.1 Å². The number of fused-ring (bicyclic) bond motifs is 1. The molecule has 19 heavy (non-hydrogen) atoms. The molecular formula is C14H13N3O2. The molecule has 0 aliphatic carbocycles. The van der Waals surface area contributed by atoms with Gasteiger partial charge in [-0.3, -0.25) is 4.98 Å². The molecule has 0 saturated heterocycles. The van der Waals surface area contributed by atoms with E-state index in [-0.39, 0.29) is 5.69 Å². The Morgan fingerprint density at radius 1 is 1.16 bits per heavy atom. The topological polar surface area (TPSA) is 70.8 Å². The summed E-state index contributed by atoms with van der Waals surface area (Å²) in [5.41, 5.74) is 4.08. The van der Waals surface area contributed by atoms with Crippen LogP contribution in [0.1, 0.15) is 5.56 Å². The molecule has 0 fully saturated rings. The molecule has 96 valence electrons. The minimum atomic E-state index is -0.245. The average Bonchev–Trinajstić information content (AvgIpc) is 2.77. The Morgan fingerprint density at radius 2 is 2.00 bits per heavy atom. The van der Waals surface area contributed by atoms with Gasteiger partial charge in [-0.1, -0.05) is 6.07 Å². The smallest absolute Gasteiger partial charge is 0.325 e. The summed E-state index contributed by atoms with van der Waals surface area (Å²) in [6, 6.07) is 7.84. The van der Waals surface area contributed by atoms with Crippen LogP contribution in [0.2, 0.25) is 0 Å². The van der Waals surface area contributed by atoms with Crippen LogP contribution in [0.25, 0.3) is 22.3 Å². The standard InChI is InChI=1S/C14H13N3O2/c1-8-5-9(3-4-12(8)19-2)10-6-11-13(15-7-10)17-14(18)16-11/h3-7H,1-2H3,(H2,15,16,17,18). The third kappa shape index (κ3) is 1.99. The van der Waals surface area contributed by atoms with E-state index in [1.807, 2.05) is 31.2 Å². The number of imidazole rings is 1. The highest BCUT2D eigenvalue weighted by atomic mass is 16.5. The Bertz CT molecular complexity index is 802. The molecule has 3 rings (SSSR count). The number of hydrogen-bond donors (Lipinski definition) is 2. The van der Waals surface area contributed by atoms with Crippen molar-refractivity contribution in [3.8, 4) is 16.9 Å². The van der Waals surface area contributed by atoms with E-state index >= 15 is 0 Å². The predicted molar refractivity (Wildman–Crippen MR) is 73.4 cm³/mol. The molecule has 2 N–H and O–H groups in total. The second-order valence-corrected chi connectivity index (χ2v) is 4.38. The van der Waals surface area contributed by atoms with Crippen LogP contribution in [0.4, 0.5) is 0 Å². The summed E-state index contributed by atoms with van der Waals surface area (Å²) >= 11 is 0. The maximum Gasteiger partial charge on any atom is 0.325 e. The molecule has 0 spiro atoms. The maximum atomic E-state index is 11.2. The van der Waals surface area contributed by atoms with Crippen molar-refractivity contribution in [3.63, 3.8) is 0 Å². The van der Waals surface area contributed by atoms with E-state index in [1.54, 1.807) is 13.3 Å². The first-order valence-electron chi connectivity index (χ1n) is 5.90. The zero-order valence-electron chi connectivity index (χ0n) is 10.7. The third-order valence-corrected chi connectivity index (χ3v) is 3.10. The molecule has 1 aromatic carbocycles. The van der Waals surface area contributed by atoms with Gasteiger partial charge in [0.2, 0.25) is 0 Å². The van der Waals surface area contributed by atoms with Gasteiger partial charge in [-0.25, -0.2) is 9.78 Å². The Kier molecular flexibility index (Phi) is 2.59. The number of nitrogens with one attached hydrogen (secondary N) is 2. The van der Waals surface area contributed by atoms with E-state index in [0.29, 0.717) is 11.2 Å². The molecule has 0 bridgehead atoms. The van der Waals surface area contributed by atoms with Gasteiger partial charge in [0.05, 0.1) is 12.6 Å². The summed E-state index contributed by atoms with van der Waals surface area (Å²) in [7, 11) is 1.65. The molecule has 2 aromatic heterocycles. The lowest BCUT2D eigenvalue weighted by Gasteiger charge is -2.07. The van der Waals surface area contributed by atoms with Crippen LogP contribution in [0.15, 0.2) is 35.3 Å². The van der Waals surface area contributed by atoms with Crippen molar-refractivity contribution in [2.75, 3.05) is 7.11 Å². The number of nitrogens with zero attached hydrogens (tertiary/aromatic N) is 1. The first-order chi connectivity index (χ1) is 9.17. The fourth-order valence-electron chi connectivity index (χ4n) is 2.14. The number of methoxy groups -OCH3 is 1. The molecule has 0 saturated carbocycles. The van der Waals surface area contributed by atoms with Gasteiger partial charge in [0.25, 0.3) is 0 Å². The van der Waals surface area contributed by atoms with Crippen molar-refractivity contribution in [3.05, 3.63) is 46.5 Å². The minimum absolute atomic E-state index is 0.245. The van der Waals surface area contributed by atoms with Crippen molar-refractivity contribution in [2.45, 2.75) is 6.92 Å². The molecule has 0 atom stereocenters. The average molecular weight is 255 g/mol. The molecular weight excluding hydrogens is 242 g/mol. The van der Waals surface area contributed by atoms with Crippen molar-refractivity contribution in [1.29, 1.82) is 0 Å². The molecule has 0 radical (unpaired) electrons. The number of aryl methyl sites for hydroxylation is 1. The van der Waals surface area contributed by atoms with Gasteiger partial charge in [0, 0.05) is 11.8 Å². The van der Waals surface area contributed by atoms with Crippen molar-refractivity contribution in [1.82, 2.24) is 15.0 Å². The zero-order chi connectivity index (χ0) is 13.4. The van der Waals surface area contributed by atoms with E-state index < -0.39 is 0 Å². The lowest BCUT2D eigenvalue weighted by molar-refractivity contribution is 0.412. The highest BCUT2D eigenvalue weighted by Crippen LogP contribution is 2.26.